The second-order valence-corrected chi connectivity index (χ2v) is 8.26. The standard InChI is InChI=1S/C22H22N4O3S/c1-14(27)23-16-10-11-17-18(13-16)30-22(24-17)25-21(29)20(15-7-3-2-4-8-15)26-12-6-5-9-19(26)28/h2-4,7-8,10-11,13,20H,5-6,9,12H2,1H3,(H,23,27)(H,24,25,29). The van der Waals surface area contributed by atoms with Crippen molar-refractivity contribution < 1.29 is 14.4 Å². The van der Waals surface area contributed by atoms with Gasteiger partial charge in [0.1, 0.15) is 6.04 Å². The third-order valence-corrected chi connectivity index (χ3v) is 5.91. The maximum Gasteiger partial charge on any atom is 0.253 e. The van der Waals surface area contributed by atoms with Crippen molar-refractivity contribution in [3.05, 3.63) is 54.1 Å². The zero-order valence-electron chi connectivity index (χ0n) is 16.6. The normalized spacial score (nSPS) is 15.1. The number of rotatable bonds is 5. The molecule has 2 N–H and O–H groups in total. The molecule has 30 heavy (non-hydrogen) atoms. The molecule has 1 aromatic heterocycles. The van der Waals surface area contributed by atoms with Gasteiger partial charge in [0.05, 0.1) is 10.2 Å². The van der Waals surface area contributed by atoms with Crippen LogP contribution < -0.4 is 10.6 Å². The fourth-order valence-corrected chi connectivity index (χ4v) is 4.55. The van der Waals surface area contributed by atoms with Crippen LogP contribution in [0.3, 0.4) is 0 Å². The van der Waals surface area contributed by atoms with Gasteiger partial charge in [-0.05, 0) is 36.6 Å². The second kappa shape index (κ2) is 8.62. The first-order valence-electron chi connectivity index (χ1n) is 9.85. The van der Waals surface area contributed by atoms with E-state index in [4.69, 9.17) is 0 Å². The highest BCUT2D eigenvalue weighted by atomic mass is 32.1. The third kappa shape index (κ3) is 4.33. The largest absolute Gasteiger partial charge is 0.327 e. The number of carbonyl (C=O) groups excluding carboxylic acids is 3. The average molecular weight is 423 g/mol. The Labute approximate surface area is 178 Å². The molecule has 7 nitrogen and oxygen atoms in total. The Morgan fingerprint density at radius 2 is 1.90 bits per heavy atom. The van der Waals surface area contributed by atoms with Gasteiger partial charge in [0.15, 0.2) is 5.13 Å². The highest BCUT2D eigenvalue weighted by Gasteiger charge is 2.33. The number of piperidine rings is 1. The van der Waals surface area contributed by atoms with E-state index in [1.54, 1.807) is 17.0 Å². The zero-order chi connectivity index (χ0) is 21.1. The smallest absolute Gasteiger partial charge is 0.253 e. The Morgan fingerprint density at radius 1 is 1.10 bits per heavy atom. The minimum absolute atomic E-state index is 0.00509. The molecule has 4 rings (SSSR count). The van der Waals surface area contributed by atoms with Gasteiger partial charge in [0, 0.05) is 25.6 Å². The molecule has 0 saturated carbocycles. The highest BCUT2D eigenvalue weighted by molar-refractivity contribution is 7.22. The predicted molar refractivity (Wildman–Crippen MR) is 117 cm³/mol. The summed E-state index contributed by atoms with van der Waals surface area (Å²) in [6.45, 7) is 2.01. The SMILES string of the molecule is CC(=O)Nc1ccc2nc(NC(=O)C(c3ccccc3)N3CCCCC3=O)sc2c1. The van der Waals surface area contributed by atoms with Crippen molar-refractivity contribution >= 4 is 50.1 Å². The van der Waals surface area contributed by atoms with Crippen LogP contribution in [0, 0.1) is 0 Å². The Bertz CT molecular complexity index is 1100. The van der Waals surface area contributed by atoms with Gasteiger partial charge in [-0.25, -0.2) is 4.98 Å². The van der Waals surface area contributed by atoms with Crippen molar-refractivity contribution in [1.82, 2.24) is 9.88 Å². The summed E-state index contributed by atoms with van der Waals surface area (Å²) in [5.74, 6) is -0.434. The van der Waals surface area contributed by atoms with Crippen molar-refractivity contribution in [2.45, 2.75) is 32.2 Å². The molecule has 0 bridgehead atoms. The van der Waals surface area contributed by atoms with Crippen molar-refractivity contribution in [2.75, 3.05) is 17.2 Å². The first-order valence-corrected chi connectivity index (χ1v) is 10.7. The Balaban J connectivity index is 1.60. The van der Waals surface area contributed by atoms with Crippen molar-refractivity contribution in [3.63, 3.8) is 0 Å². The maximum absolute atomic E-state index is 13.3. The first-order chi connectivity index (χ1) is 14.5. The van der Waals surface area contributed by atoms with Gasteiger partial charge < -0.3 is 10.2 Å². The van der Waals surface area contributed by atoms with E-state index in [0.717, 1.165) is 28.6 Å². The first kappa shape index (κ1) is 20.0. The zero-order valence-corrected chi connectivity index (χ0v) is 17.4. The molecule has 2 aromatic carbocycles. The number of likely N-dealkylation sites (tertiary alicyclic amines) is 1. The van der Waals surface area contributed by atoms with Crippen LogP contribution in [0.4, 0.5) is 10.8 Å². The van der Waals surface area contributed by atoms with Crippen LogP contribution in [0.2, 0.25) is 0 Å². The van der Waals surface area contributed by atoms with Crippen LogP contribution in [0.1, 0.15) is 37.8 Å². The topological polar surface area (TPSA) is 91.4 Å². The van der Waals surface area contributed by atoms with E-state index in [1.165, 1.54) is 18.3 Å². The van der Waals surface area contributed by atoms with E-state index in [9.17, 15) is 14.4 Å². The number of hydrogen-bond donors (Lipinski definition) is 2. The van der Waals surface area contributed by atoms with Gasteiger partial charge in [0.25, 0.3) is 5.91 Å². The van der Waals surface area contributed by atoms with Gasteiger partial charge in [-0.1, -0.05) is 41.7 Å². The Hall–Kier alpha value is -3.26. The molecule has 154 valence electrons. The molecule has 1 atom stereocenters. The summed E-state index contributed by atoms with van der Waals surface area (Å²) in [7, 11) is 0. The Kier molecular flexibility index (Phi) is 5.76. The lowest BCUT2D eigenvalue weighted by atomic mass is 10.0. The van der Waals surface area contributed by atoms with E-state index in [1.807, 2.05) is 36.4 Å². The molecule has 1 aliphatic heterocycles. The van der Waals surface area contributed by atoms with Gasteiger partial charge in [0.2, 0.25) is 11.8 Å². The lowest BCUT2D eigenvalue weighted by molar-refractivity contribution is -0.141. The molecule has 1 aliphatic rings. The molecular formula is C22H22N4O3S. The average Bonchev–Trinajstić information content (AvgIpc) is 3.11. The van der Waals surface area contributed by atoms with E-state index >= 15 is 0 Å². The van der Waals surface area contributed by atoms with Gasteiger partial charge in [-0.3, -0.25) is 19.7 Å². The molecule has 1 saturated heterocycles. The minimum atomic E-state index is -0.694. The molecular weight excluding hydrogens is 400 g/mol. The van der Waals surface area contributed by atoms with Crippen molar-refractivity contribution in [2.24, 2.45) is 0 Å². The number of aromatic nitrogens is 1. The van der Waals surface area contributed by atoms with Gasteiger partial charge >= 0.3 is 0 Å². The van der Waals surface area contributed by atoms with Crippen LogP contribution in [0.5, 0.6) is 0 Å². The van der Waals surface area contributed by atoms with E-state index in [-0.39, 0.29) is 17.7 Å². The van der Waals surface area contributed by atoms with E-state index in [2.05, 4.69) is 15.6 Å². The minimum Gasteiger partial charge on any atom is -0.327 e. The van der Waals surface area contributed by atoms with E-state index < -0.39 is 6.04 Å². The monoisotopic (exact) mass is 422 g/mol. The number of anilines is 2. The number of fused-ring (bicyclic) bond motifs is 1. The van der Waals surface area contributed by atoms with Crippen LogP contribution in [0.25, 0.3) is 10.2 Å². The van der Waals surface area contributed by atoms with Gasteiger partial charge in [-0.2, -0.15) is 0 Å². The predicted octanol–water partition coefficient (Wildman–Crippen LogP) is 3.95. The number of benzene rings is 2. The molecule has 8 heteroatoms. The summed E-state index contributed by atoms with van der Waals surface area (Å²) < 4.78 is 0.849. The van der Waals surface area contributed by atoms with Gasteiger partial charge in [-0.15, -0.1) is 0 Å². The Morgan fingerprint density at radius 3 is 2.63 bits per heavy atom. The summed E-state index contributed by atoms with van der Waals surface area (Å²) in [4.78, 5) is 43.2. The molecule has 3 aromatic rings. The highest BCUT2D eigenvalue weighted by Crippen LogP contribution is 2.31. The summed E-state index contributed by atoms with van der Waals surface area (Å²) in [6.07, 6.45) is 2.20. The van der Waals surface area contributed by atoms with Crippen LogP contribution >= 0.6 is 11.3 Å². The van der Waals surface area contributed by atoms with Crippen molar-refractivity contribution in [3.8, 4) is 0 Å². The number of thiazole rings is 1. The lowest BCUT2D eigenvalue weighted by Gasteiger charge is -2.33. The molecule has 0 spiro atoms. The van der Waals surface area contributed by atoms with Crippen LogP contribution in [0.15, 0.2) is 48.5 Å². The quantitative estimate of drug-likeness (QED) is 0.651. The number of hydrogen-bond acceptors (Lipinski definition) is 5. The maximum atomic E-state index is 13.3. The van der Waals surface area contributed by atoms with Crippen LogP contribution in [-0.2, 0) is 14.4 Å². The number of amides is 3. The molecule has 1 fully saturated rings. The molecule has 1 unspecified atom stereocenters. The fourth-order valence-electron chi connectivity index (χ4n) is 3.64. The summed E-state index contributed by atoms with van der Waals surface area (Å²) in [5.41, 5.74) is 2.19. The second-order valence-electron chi connectivity index (χ2n) is 7.23. The number of nitrogens with zero attached hydrogens (tertiary/aromatic N) is 2. The number of nitrogens with one attached hydrogen (secondary N) is 2. The summed E-state index contributed by atoms with van der Waals surface area (Å²) in [6, 6.07) is 14.1. The molecule has 0 radical (unpaired) electrons. The van der Waals surface area contributed by atoms with Crippen LogP contribution in [-0.4, -0.2) is 34.2 Å². The molecule has 2 heterocycles. The summed E-state index contributed by atoms with van der Waals surface area (Å²) in [5, 5.41) is 6.10. The number of carbonyl (C=O) groups is 3. The third-order valence-electron chi connectivity index (χ3n) is 4.97. The van der Waals surface area contributed by atoms with Crippen molar-refractivity contribution in [1.29, 1.82) is 0 Å². The summed E-state index contributed by atoms with van der Waals surface area (Å²) >= 11 is 1.33. The van der Waals surface area contributed by atoms with E-state index in [0.29, 0.717) is 23.8 Å². The fraction of sp³-hybridized carbons (Fsp3) is 0.273. The molecule has 0 aliphatic carbocycles. The lowest BCUT2D eigenvalue weighted by Crippen LogP contribution is -2.43. The molecule has 3 amide bonds.